The largest absolute Gasteiger partial charge is 0.361 e. The third-order valence-electron chi connectivity index (χ3n) is 3.01. The van der Waals surface area contributed by atoms with Crippen molar-refractivity contribution in [2.45, 2.75) is 33.4 Å². The van der Waals surface area contributed by atoms with Crippen molar-refractivity contribution >= 4 is 0 Å². The first-order chi connectivity index (χ1) is 8.09. The highest BCUT2D eigenvalue weighted by Crippen LogP contribution is 2.14. The number of rotatable bonds is 4. The predicted octanol–water partition coefficient (Wildman–Crippen LogP) is 1.88. The Kier molecular flexibility index (Phi) is 3.28. The average Bonchev–Trinajstić information content (AvgIpc) is 2.84. The van der Waals surface area contributed by atoms with Crippen LogP contribution in [0.3, 0.4) is 0 Å². The summed E-state index contributed by atoms with van der Waals surface area (Å²) < 4.78 is 7.15. The summed E-state index contributed by atoms with van der Waals surface area (Å²) in [6, 6.07) is 0.198. The van der Waals surface area contributed by atoms with Gasteiger partial charge in [0.1, 0.15) is 11.6 Å². The lowest BCUT2D eigenvalue weighted by Gasteiger charge is -2.13. The van der Waals surface area contributed by atoms with E-state index in [2.05, 4.69) is 22.4 Å². The molecule has 92 valence electrons. The minimum Gasteiger partial charge on any atom is -0.361 e. The Balaban J connectivity index is 2.02. The highest BCUT2D eigenvalue weighted by Gasteiger charge is 2.13. The summed E-state index contributed by atoms with van der Waals surface area (Å²) in [5, 5.41) is 7.37. The molecular formula is C12H18N4O. The lowest BCUT2D eigenvalue weighted by molar-refractivity contribution is 0.391. The fourth-order valence-corrected chi connectivity index (χ4v) is 1.90. The third kappa shape index (κ3) is 2.39. The van der Waals surface area contributed by atoms with Crippen molar-refractivity contribution in [3.8, 4) is 0 Å². The third-order valence-corrected chi connectivity index (χ3v) is 3.01. The minimum absolute atomic E-state index is 0.198. The molecule has 5 heteroatoms. The maximum Gasteiger partial charge on any atom is 0.138 e. The van der Waals surface area contributed by atoms with Crippen LogP contribution in [0.1, 0.15) is 35.8 Å². The van der Waals surface area contributed by atoms with E-state index < -0.39 is 0 Å². The van der Waals surface area contributed by atoms with E-state index in [-0.39, 0.29) is 6.04 Å². The monoisotopic (exact) mass is 234 g/mol. The van der Waals surface area contributed by atoms with Gasteiger partial charge in [0.15, 0.2) is 0 Å². The van der Waals surface area contributed by atoms with Crippen LogP contribution in [-0.2, 0) is 13.6 Å². The Labute approximate surface area is 101 Å². The van der Waals surface area contributed by atoms with Gasteiger partial charge in [0.25, 0.3) is 0 Å². The molecule has 1 N–H and O–H groups in total. The van der Waals surface area contributed by atoms with Gasteiger partial charge in [-0.25, -0.2) is 4.98 Å². The van der Waals surface area contributed by atoms with Crippen LogP contribution < -0.4 is 5.32 Å². The van der Waals surface area contributed by atoms with E-state index in [9.17, 15) is 0 Å². The molecule has 0 aromatic carbocycles. The molecule has 2 rings (SSSR count). The van der Waals surface area contributed by atoms with Crippen molar-refractivity contribution in [3.63, 3.8) is 0 Å². The molecule has 0 radical (unpaired) electrons. The van der Waals surface area contributed by atoms with Crippen LogP contribution >= 0.6 is 0 Å². The van der Waals surface area contributed by atoms with Gasteiger partial charge in [-0.05, 0) is 20.8 Å². The quantitative estimate of drug-likeness (QED) is 0.877. The SMILES string of the molecule is Cc1noc(C)c1CNC(C)c1nccn1C. The van der Waals surface area contributed by atoms with E-state index in [4.69, 9.17) is 4.52 Å². The predicted molar refractivity (Wildman–Crippen MR) is 64.4 cm³/mol. The van der Waals surface area contributed by atoms with Gasteiger partial charge in [0.2, 0.25) is 0 Å². The summed E-state index contributed by atoms with van der Waals surface area (Å²) in [6.45, 7) is 6.73. The van der Waals surface area contributed by atoms with Crippen molar-refractivity contribution in [1.29, 1.82) is 0 Å². The zero-order valence-corrected chi connectivity index (χ0v) is 10.7. The van der Waals surface area contributed by atoms with Gasteiger partial charge in [0, 0.05) is 31.5 Å². The highest BCUT2D eigenvalue weighted by molar-refractivity contribution is 5.20. The number of nitrogens with zero attached hydrogens (tertiary/aromatic N) is 3. The molecule has 2 aromatic heterocycles. The Morgan fingerprint density at radius 2 is 2.24 bits per heavy atom. The number of hydrogen-bond donors (Lipinski definition) is 1. The summed E-state index contributed by atoms with van der Waals surface area (Å²) in [5.41, 5.74) is 2.08. The number of aromatic nitrogens is 3. The standard InChI is InChI=1S/C12H18N4O/c1-8-11(10(3)17-15-8)7-14-9(2)12-13-5-6-16(12)4/h5-6,9,14H,7H2,1-4H3. The molecule has 5 nitrogen and oxygen atoms in total. The van der Waals surface area contributed by atoms with Gasteiger partial charge in [-0.2, -0.15) is 0 Å². The van der Waals surface area contributed by atoms with Crippen molar-refractivity contribution in [2.75, 3.05) is 0 Å². The van der Waals surface area contributed by atoms with Crippen molar-refractivity contribution in [1.82, 2.24) is 20.0 Å². The first kappa shape index (κ1) is 11.9. The topological polar surface area (TPSA) is 55.9 Å². The first-order valence-corrected chi connectivity index (χ1v) is 5.72. The molecule has 0 aliphatic heterocycles. The van der Waals surface area contributed by atoms with Crippen molar-refractivity contribution in [3.05, 3.63) is 35.2 Å². The lowest BCUT2D eigenvalue weighted by atomic mass is 10.2. The number of imidazole rings is 1. The fraction of sp³-hybridized carbons (Fsp3) is 0.500. The average molecular weight is 234 g/mol. The minimum atomic E-state index is 0.198. The number of aryl methyl sites for hydroxylation is 3. The molecule has 0 saturated carbocycles. The number of hydrogen-bond acceptors (Lipinski definition) is 4. The number of nitrogens with one attached hydrogen (secondary N) is 1. The second-order valence-electron chi connectivity index (χ2n) is 4.30. The van der Waals surface area contributed by atoms with Crippen LogP contribution in [0.15, 0.2) is 16.9 Å². The first-order valence-electron chi connectivity index (χ1n) is 5.72. The molecule has 0 aliphatic carbocycles. The maximum absolute atomic E-state index is 5.13. The van der Waals surface area contributed by atoms with Crippen LogP contribution in [0.5, 0.6) is 0 Å². The van der Waals surface area contributed by atoms with E-state index in [1.54, 1.807) is 0 Å². The van der Waals surface area contributed by atoms with Crippen LogP contribution in [0.4, 0.5) is 0 Å². The van der Waals surface area contributed by atoms with Crippen molar-refractivity contribution in [2.24, 2.45) is 7.05 Å². The molecule has 0 spiro atoms. The Morgan fingerprint density at radius 1 is 1.47 bits per heavy atom. The fourth-order valence-electron chi connectivity index (χ4n) is 1.90. The summed E-state index contributed by atoms with van der Waals surface area (Å²) in [4.78, 5) is 4.32. The molecule has 17 heavy (non-hydrogen) atoms. The van der Waals surface area contributed by atoms with E-state index in [0.29, 0.717) is 0 Å². The Hall–Kier alpha value is -1.62. The molecule has 0 bridgehead atoms. The van der Waals surface area contributed by atoms with Gasteiger partial charge < -0.3 is 14.4 Å². The van der Waals surface area contributed by atoms with Gasteiger partial charge in [-0.15, -0.1) is 0 Å². The second kappa shape index (κ2) is 4.71. The Morgan fingerprint density at radius 3 is 2.76 bits per heavy atom. The van der Waals surface area contributed by atoms with Gasteiger partial charge in [-0.1, -0.05) is 5.16 Å². The van der Waals surface area contributed by atoms with Crippen molar-refractivity contribution < 1.29 is 4.52 Å². The zero-order chi connectivity index (χ0) is 12.4. The Bertz CT molecular complexity index is 481. The summed E-state index contributed by atoms with van der Waals surface area (Å²) in [7, 11) is 2.00. The van der Waals surface area contributed by atoms with E-state index in [1.165, 1.54) is 0 Å². The van der Waals surface area contributed by atoms with Crippen LogP contribution in [0.2, 0.25) is 0 Å². The normalized spacial score (nSPS) is 12.9. The lowest BCUT2D eigenvalue weighted by Crippen LogP contribution is -2.21. The summed E-state index contributed by atoms with van der Waals surface area (Å²) in [6.07, 6.45) is 3.76. The molecule has 1 atom stereocenters. The molecule has 0 saturated heterocycles. The molecule has 2 aromatic rings. The van der Waals surface area contributed by atoms with Gasteiger partial charge >= 0.3 is 0 Å². The van der Waals surface area contributed by atoms with E-state index in [1.807, 2.05) is 37.9 Å². The van der Waals surface area contributed by atoms with Crippen LogP contribution in [0.25, 0.3) is 0 Å². The summed E-state index contributed by atoms with van der Waals surface area (Å²) >= 11 is 0. The maximum atomic E-state index is 5.13. The van der Waals surface area contributed by atoms with E-state index >= 15 is 0 Å². The molecule has 0 fully saturated rings. The molecule has 0 aliphatic rings. The molecule has 2 heterocycles. The second-order valence-corrected chi connectivity index (χ2v) is 4.30. The van der Waals surface area contributed by atoms with Crippen LogP contribution in [-0.4, -0.2) is 14.7 Å². The molecular weight excluding hydrogens is 216 g/mol. The highest BCUT2D eigenvalue weighted by atomic mass is 16.5. The van der Waals surface area contributed by atoms with Gasteiger partial charge in [-0.3, -0.25) is 0 Å². The smallest absolute Gasteiger partial charge is 0.138 e. The molecule has 1 unspecified atom stereocenters. The molecule has 0 amide bonds. The van der Waals surface area contributed by atoms with Gasteiger partial charge in [0.05, 0.1) is 11.7 Å². The zero-order valence-electron chi connectivity index (χ0n) is 10.7. The van der Waals surface area contributed by atoms with Crippen LogP contribution in [0, 0.1) is 13.8 Å². The van der Waals surface area contributed by atoms with E-state index in [0.717, 1.165) is 29.4 Å². The summed E-state index contributed by atoms with van der Waals surface area (Å²) in [5.74, 6) is 1.90.